The third-order valence-electron chi connectivity index (χ3n) is 3.38. The molecule has 1 heterocycles. The summed E-state index contributed by atoms with van der Waals surface area (Å²) in [4.78, 5) is 5.47. The molecular weight excluding hydrogens is 253 g/mol. The predicted molar refractivity (Wildman–Crippen MR) is 77.7 cm³/mol. The highest BCUT2D eigenvalue weighted by molar-refractivity contribution is 6.58. The fourth-order valence-corrected chi connectivity index (χ4v) is 2.24. The lowest BCUT2D eigenvalue weighted by Crippen LogP contribution is -2.29. The summed E-state index contributed by atoms with van der Waals surface area (Å²) in [6.07, 6.45) is 0.598. The average Bonchev–Trinajstić information content (AvgIpc) is 2.98. The summed E-state index contributed by atoms with van der Waals surface area (Å²) in [5, 5.41) is 22.3. The van der Waals surface area contributed by atoms with Gasteiger partial charge in [0.15, 0.2) is 6.10 Å². The Morgan fingerprint density at radius 2 is 1.70 bits per heavy atom. The van der Waals surface area contributed by atoms with Crippen molar-refractivity contribution in [2.24, 2.45) is 5.16 Å². The molecule has 0 radical (unpaired) electrons. The van der Waals surface area contributed by atoms with Gasteiger partial charge in [-0.15, -0.1) is 0 Å². The van der Waals surface area contributed by atoms with E-state index < -0.39 is 7.12 Å². The Labute approximate surface area is 117 Å². The van der Waals surface area contributed by atoms with E-state index in [4.69, 9.17) is 14.9 Å². The number of benzene rings is 2. The van der Waals surface area contributed by atoms with Gasteiger partial charge >= 0.3 is 7.12 Å². The molecule has 0 saturated heterocycles. The lowest BCUT2D eigenvalue weighted by molar-refractivity contribution is 0.0857. The molecule has 2 aromatic rings. The molecule has 0 spiro atoms. The van der Waals surface area contributed by atoms with Crippen molar-refractivity contribution in [3.63, 3.8) is 0 Å². The van der Waals surface area contributed by atoms with Crippen LogP contribution in [0.4, 0.5) is 0 Å². The molecule has 0 aromatic heterocycles. The number of rotatable bonds is 3. The lowest BCUT2D eigenvalue weighted by Gasteiger charge is -2.09. The van der Waals surface area contributed by atoms with Crippen molar-refractivity contribution in [3.8, 4) is 0 Å². The maximum atomic E-state index is 9.07. The molecule has 1 atom stereocenters. The van der Waals surface area contributed by atoms with Crippen LogP contribution in [0.25, 0.3) is 0 Å². The first-order valence-electron chi connectivity index (χ1n) is 6.48. The summed E-state index contributed by atoms with van der Waals surface area (Å²) in [5.41, 5.74) is 3.44. The minimum atomic E-state index is -1.44. The topological polar surface area (TPSA) is 62.0 Å². The molecular formula is C15H14BNO3. The molecule has 4 nitrogen and oxygen atoms in total. The molecule has 100 valence electrons. The fraction of sp³-hybridized carbons (Fsp3) is 0.133. The van der Waals surface area contributed by atoms with Crippen LogP contribution in [-0.2, 0) is 4.84 Å². The Hall–Kier alpha value is -2.11. The summed E-state index contributed by atoms with van der Waals surface area (Å²) < 4.78 is 0. The van der Waals surface area contributed by atoms with E-state index in [1.807, 2.05) is 42.5 Å². The fourth-order valence-electron chi connectivity index (χ4n) is 2.24. The van der Waals surface area contributed by atoms with Crippen molar-refractivity contribution in [1.82, 2.24) is 0 Å². The minimum Gasteiger partial charge on any atom is -0.423 e. The first kappa shape index (κ1) is 12.9. The molecule has 0 bridgehead atoms. The first-order valence-corrected chi connectivity index (χ1v) is 6.48. The van der Waals surface area contributed by atoms with E-state index in [0.29, 0.717) is 11.9 Å². The SMILES string of the molecule is OB(O)c1ccc(C2CC(c3ccccc3)=NO2)cc1. The highest BCUT2D eigenvalue weighted by atomic mass is 16.6. The van der Waals surface area contributed by atoms with Gasteiger partial charge in [-0.2, -0.15) is 0 Å². The molecule has 20 heavy (non-hydrogen) atoms. The molecule has 3 rings (SSSR count). The zero-order valence-corrected chi connectivity index (χ0v) is 10.8. The summed E-state index contributed by atoms with van der Waals surface area (Å²) >= 11 is 0. The van der Waals surface area contributed by atoms with E-state index in [-0.39, 0.29) is 6.10 Å². The molecule has 1 aliphatic rings. The van der Waals surface area contributed by atoms with Gasteiger partial charge in [-0.05, 0) is 16.6 Å². The van der Waals surface area contributed by atoms with E-state index in [2.05, 4.69) is 5.16 Å². The second kappa shape index (κ2) is 5.49. The van der Waals surface area contributed by atoms with Crippen LogP contribution < -0.4 is 5.46 Å². The van der Waals surface area contributed by atoms with E-state index in [0.717, 1.165) is 16.8 Å². The smallest absolute Gasteiger partial charge is 0.423 e. The number of hydrogen-bond acceptors (Lipinski definition) is 4. The van der Waals surface area contributed by atoms with Gasteiger partial charge in [-0.3, -0.25) is 0 Å². The molecule has 2 N–H and O–H groups in total. The Kier molecular flexibility index (Phi) is 3.54. The predicted octanol–water partition coefficient (Wildman–Crippen LogP) is 1.23. The van der Waals surface area contributed by atoms with Crippen molar-refractivity contribution < 1.29 is 14.9 Å². The molecule has 5 heteroatoms. The van der Waals surface area contributed by atoms with E-state index in [1.165, 1.54) is 0 Å². The second-order valence-corrected chi connectivity index (χ2v) is 4.74. The van der Waals surface area contributed by atoms with Gasteiger partial charge < -0.3 is 14.9 Å². The summed E-state index contributed by atoms with van der Waals surface area (Å²) in [6, 6.07) is 17.0. The van der Waals surface area contributed by atoms with Gasteiger partial charge in [0, 0.05) is 6.42 Å². The van der Waals surface area contributed by atoms with Gasteiger partial charge in [0.05, 0.1) is 5.71 Å². The van der Waals surface area contributed by atoms with Crippen LogP contribution in [-0.4, -0.2) is 22.9 Å². The van der Waals surface area contributed by atoms with E-state index >= 15 is 0 Å². The average molecular weight is 267 g/mol. The van der Waals surface area contributed by atoms with Crippen LogP contribution in [0, 0.1) is 0 Å². The van der Waals surface area contributed by atoms with Crippen LogP contribution in [0.1, 0.15) is 23.7 Å². The number of nitrogens with zero attached hydrogens (tertiary/aromatic N) is 1. The second-order valence-electron chi connectivity index (χ2n) is 4.74. The maximum Gasteiger partial charge on any atom is 0.488 e. The van der Waals surface area contributed by atoms with Crippen molar-refractivity contribution >= 4 is 18.3 Å². The Bertz CT molecular complexity index is 611. The zero-order chi connectivity index (χ0) is 13.9. The first-order chi connectivity index (χ1) is 9.74. The summed E-state index contributed by atoms with van der Waals surface area (Å²) in [6.45, 7) is 0. The third kappa shape index (κ3) is 2.59. The molecule has 0 saturated carbocycles. The molecule has 2 aromatic carbocycles. The Balaban J connectivity index is 1.73. The van der Waals surface area contributed by atoms with Gasteiger partial charge in [-0.25, -0.2) is 0 Å². The monoisotopic (exact) mass is 267 g/mol. The van der Waals surface area contributed by atoms with Gasteiger partial charge in [0.2, 0.25) is 0 Å². The van der Waals surface area contributed by atoms with Gasteiger partial charge in [0.25, 0.3) is 0 Å². The normalized spacial score (nSPS) is 17.5. The Morgan fingerprint density at radius 1 is 1.00 bits per heavy atom. The largest absolute Gasteiger partial charge is 0.488 e. The summed E-state index contributed by atoms with van der Waals surface area (Å²) in [7, 11) is -1.44. The van der Waals surface area contributed by atoms with Crippen LogP contribution in [0.3, 0.4) is 0 Å². The number of hydrogen-bond donors (Lipinski definition) is 2. The third-order valence-corrected chi connectivity index (χ3v) is 3.38. The van der Waals surface area contributed by atoms with Gasteiger partial charge in [0.1, 0.15) is 0 Å². The van der Waals surface area contributed by atoms with E-state index in [1.54, 1.807) is 12.1 Å². The summed E-state index contributed by atoms with van der Waals surface area (Å²) in [5.74, 6) is 0. The minimum absolute atomic E-state index is 0.116. The van der Waals surface area contributed by atoms with Gasteiger partial charge in [-0.1, -0.05) is 59.8 Å². The quantitative estimate of drug-likeness (QED) is 0.822. The highest BCUT2D eigenvalue weighted by Crippen LogP contribution is 2.28. The van der Waals surface area contributed by atoms with Crippen LogP contribution in [0.5, 0.6) is 0 Å². The highest BCUT2D eigenvalue weighted by Gasteiger charge is 2.24. The molecule has 0 aliphatic carbocycles. The van der Waals surface area contributed by atoms with Crippen molar-refractivity contribution in [2.45, 2.75) is 12.5 Å². The Morgan fingerprint density at radius 3 is 2.35 bits per heavy atom. The molecule has 1 unspecified atom stereocenters. The molecule has 0 fully saturated rings. The standard InChI is InChI=1S/C15H14BNO3/c18-16(19)13-8-6-12(7-9-13)15-10-14(17-20-15)11-4-2-1-3-5-11/h1-9,15,18-19H,10H2. The maximum absolute atomic E-state index is 9.07. The number of oxime groups is 1. The van der Waals surface area contributed by atoms with Crippen molar-refractivity contribution in [2.75, 3.05) is 0 Å². The van der Waals surface area contributed by atoms with E-state index in [9.17, 15) is 0 Å². The molecule has 1 aliphatic heterocycles. The van der Waals surface area contributed by atoms with Crippen molar-refractivity contribution in [3.05, 3.63) is 65.7 Å². The van der Waals surface area contributed by atoms with Crippen LogP contribution >= 0.6 is 0 Å². The van der Waals surface area contributed by atoms with Crippen LogP contribution in [0.15, 0.2) is 59.8 Å². The van der Waals surface area contributed by atoms with Crippen LogP contribution in [0.2, 0.25) is 0 Å². The van der Waals surface area contributed by atoms with Crippen molar-refractivity contribution in [1.29, 1.82) is 0 Å². The molecule has 0 amide bonds. The zero-order valence-electron chi connectivity index (χ0n) is 10.8. The lowest BCUT2D eigenvalue weighted by atomic mass is 9.80.